The van der Waals surface area contributed by atoms with Gasteiger partial charge in [0.05, 0.1) is 22.6 Å². The second-order valence-corrected chi connectivity index (χ2v) is 7.02. The van der Waals surface area contributed by atoms with Crippen LogP contribution in [0.5, 0.6) is 0 Å². The van der Waals surface area contributed by atoms with E-state index in [0.29, 0.717) is 5.92 Å². The number of rotatable bonds is 5. The molecule has 24 heavy (non-hydrogen) atoms. The summed E-state index contributed by atoms with van der Waals surface area (Å²) in [6.07, 6.45) is 8.78. The molecule has 0 atom stereocenters. The summed E-state index contributed by atoms with van der Waals surface area (Å²) in [6, 6.07) is 4.04. The Balaban J connectivity index is 1.32. The normalized spacial score (nSPS) is 16.5. The Morgan fingerprint density at radius 2 is 2.04 bits per heavy atom. The van der Waals surface area contributed by atoms with E-state index in [1.165, 1.54) is 17.8 Å². The first-order chi connectivity index (χ1) is 11.9. The lowest BCUT2D eigenvalue weighted by molar-refractivity contribution is 0.214. The molecule has 0 aliphatic carbocycles. The van der Waals surface area contributed by atoms with Crippen molar-refractivity contribution in [3.8, 4) is 11.3 Å². The molecule has 1 aliphatic heterocycles. The van der Waals surface area contributed by atoms with E-state index in [1.54, 1.807) is 11.3 Å². The largest absolute Gasteiger partial charge is 0.303 e. The number of thiazole rings is 1. The third-order valence-electron chi connectivity index (χ3n) is 4.58. The number of pyridine rings is 1. The lowest BCUT2D eigenvalue weighted by Crippen LogP contribution is -2.34. The molecule has 3 aromatic heterocycles. The van der Waals surface area contributed by atoms with Crippen molar-refractivity contribution in [2.75, 3.05) is 19.6 Å². The molecule has 0 spiro atoms. The van der Waals surface area contributed by atoms with Crippen molar-refractivity contribution in [2.24, 2.45) is 0 Å². The van der Waals surface area contributed by atoms with E-state index in [0.717, 1.165) is 43.0 Å². The van der Waals surface area contributed by atoms with Gasteiger partial charge in [-0.2, -0.15) is 15.4 Å². The van der Waals surface area contributed by atoms with Crippen LogP contribution < -0.4 is 0 Å². The van der Waals surface area contributed by atoms with Crippen molar-refractivity contribution in [1.29, 1.82) is 0 Å². The van der Waals surface area contributed by atoms with Crippen LogP contribution in [-0.4, -0.2) is 49.9 Å². The second kappa shape index (κ2) is 7.19. The monoisotopic (exact) mass is 340 g/mol. The molecule has 6 nitrogen and oxygen atoms in total. The van der Waals surface area contributed by atoms with Crippen molar-refractivity contribution in [2.45, 2.75) is 25.2 Å². The molecule has 1 N–H and O–H groups in total. The molecule has 1 saturated heterocycles. The molecule has 0 aromatic carbocycles. The SMILES string of the molecule is c1cc(-c2csc(C3CCN(CCc4cn[nH]n4)CC3)n2)ccn1. The third-order valence-corrected chi connectivity index (χ3v) is 5.59. The zero-order chi connectivity index (χ0) is 16.2. The maximum atomic E-state index is 4.87. The van der Waals surface area contributed by atoms with Crippen molar-refractivity contribution >= 4 is 11.3 Å². The van der Waals surface area contributed by atoms with E-state index >= 15 is 0 Å². The summed E-state index contributed by atoms with van der Waals surface area (Å²) in [7, 11) is 0. The van der Waals surface area contributed by atoms with Gasteiger partial charge in [-0.15, -0.1) is 11.3 Å². The Bertz CT molecular complexity index is 747. The number of aromatic nitrogens is 5. The van der Waals surface area contributed by atoms with E-state index < -0.39 is 0 Å². The van der Waals surface area contributed by atoms with E-state index in [9.17, 15) is 0 Å². The Kier molecular flexibility index (Phi) is 4.62. The number of nitrogens with zero attached hydrogens (tertiary/aromatic N) is 5. The fraction of sp³-hybridized carbons (Fsp3) is 0.412. The van der Waals surface area contributed by atoms with Gasteiger partial charge in [0, 0.05) is 42.2 Å². The summed E-state index contributed by atoms with van der Waals surface area (Å²) in [5, 5.41) is 14.1. The second-order valence-electron chi connectivity index (χ2n) is 6.13. The zero-order valence-corrected chi connectivity index (χ0v) is 14.2. The van der Waals surface area contributed by atoms with Crippen LogP contribution in [0.25, 0.3) is 11.3 Å². The first-order valence-electron chi connectivity index (χ1n) is 8.31. The minimum Gasteiger partial charge on any atom is -0.303 e. The average molecular weight is 340 g/mol. The van der Waals surface area contributed by atoms with Gasteiger partial charge in [0.15, 0.2) is 0 Å². The van der Waals surface area contributed by atoms with Gasteiger partial charge < -0.3 is 4.90 Å². The molecule has 0 radical (unpaired) electrons. The van der Waals surface area contributed by atoms with Crippen LogP contribution in [0.1, 0.15) is 29.5 Å². The zero-order valence-electron chi connectivity index (χ0n) is 13.4. The molecule has 4 heterocycles. The Hall–Kier alpha value is -2.12. The summed E-state index contributed by atoms with van der Waals surface area (Å²) in [6.45, 7) is 3.32. The van der Waals surface area contributed by atoms with Gasteiger partial charge in [-0.3, -0.25) is 4.98 Å². The van der Waals surface area contributed by atoms with Crippen molar-refractivity contribution in [3.63, 3.8) is 0 Å². The maximum absolute atomic E-state index is 4.87. The number of piperidine rings is 1. The molecular formula is C17H20N6S. The van der Waals surface area contributed by atoms with Crippen LogP contribution in [0.4, 0.5) is 0 Å². The Morgan fingerprint density at radius 3 is 2.79 bits per heavy atom. The molecule has 1 aliphatic rings. The van der Waals surface area contributed by atoms with Gasteiger partial charge in [0.25, 0.3) is 0 Å². The highest BCUT2D eigenvalue weighted by Crippen LogP contribution is 2.32. The number of aromatic amines is 1. The number of nitrogens with one attached hydrogen (secondary N) is 1. The number of H-pyrrole nitrogens is 1. The topological polar surface area (TPSA) is 70.6 Å². The first kappa shape index (κ1) is 15.4. The quantitative estimate of drug-likeness (QED) is 0.773. The standard InChI is InChI=1S/C17H20N6S/c1-6-18-7-2-13(1)16-12-24-17(20-16)14-3-8-23(9-4-14)10-5-15-11-19-22-21-15/h1-2,6-7,11-12,14H,3-5,8-10H2,(H,19,21,22). The van der Waals surface area contributed by atoms with Crippen molar-refractivity contribution in [1.82, 2.24) is 30.3 Å². The summed E-state index contributed by atoms with van der Waals surface area (Å²) >= 11 is 1.79. The van der Waals surface area contributed by atoms with Gasteiger partial charge in [0.1, 0.15) is 0 Å². The minimum absolute atomic E-state index is 0.592. The lowest BCUT2D eigenvalue weighted by Gasteiger charge is -2.30. The van der Waals surface area contributed by atoms with Gasteiger partial charge in [-0.1, -0.05) is 0 Å². The van der Waals surface area contributed by atoms with E-state index in [1.807, 2.05) is 30.7 Å². The van der Waals surface area contributed by atoms with Gasteiger partial charge >= 0.3 is 0 Å². The number of hydrogen-bond acceptors (Lipinski definition) is 6. The predicted molar refractivity (Wildman–Crippen MR) is 93.8 cm³/mol. The summed E-state index contributed by atoms with van der Waals surface area (Å²) in [4.78, 5) is 11.5. The highest BCUT2D eigenvalue weighted by Gasteiger charge is 2.23. The third kappa shape index (κ3) is 3.52. The van der Waals surface area contributed by atoms with Crippen LogP contribution in [0.2, 0.25) is 0 Å². The smallest absolute Gasteiger partial charge is 0.0964 e. The maximum Gasteiger partial charge on any atom is 0.0964 e. The predicted octanol–water partition coefficient (Wildman–Crippen LogP) is 2.75. The molecule has 3 aromatic rings. The van der Waals surface area contributed by atoms with Crippen LogP contribution >= 0.6 is 11.3 Å². The molecule has 4 rings (SSSR count). The molecular weight excluding hydrogens is 320 g/mol. The molecule has 0 amide bonds. The van der Waals surface area contributed by atoms with Gasteiger partial charge in [-0.25, -0.2) is 4.98 Å². The molecule has 124 valence electrons. The van der Waals surface area contributed by atoms with Crippen LogP contribution in [0.15, 0.2) is 36.1 Å². The summed E-state index contributed by atoms with van der Waals surface area (Å²) < 4.78 is 0. The van der Waals surface area contributed by atoms with Crippen LogP contribution in [-0.2, 0) is 6.42 Å². The number of likely N-dealkylation sites (tertiary alicyclic amines) is 1. The molecule has 0 unspecified atom stereocenters. The van der Waals surface area contributed by atoms with Crippen LogP contribution in [0, 0.1) is 0 Å². The summed E-state index contributed by atoms with van der Waals surface area (Å²) in [5.41, 5.74) is 3.27. The van der Waals surface area contributed by atoms with E-state index in [-0.39, 0.29) is 0 Å². The molecule has 0 saturated carbocycles. The fourth-order valence-electron chi connectivity index (χ4n) is 3.15. The molecule has 7 heteroatoms. The van der Waals surface area contributed by atoms with Gasteiger partial charge in [-0.05, 0) is 38.1 Å². The number of hydrogen-bond donors (Lipinski definition) is 1. The summed E-state index contributed by atoms with van der Waals surface area (Å²) in [5.74, 6) is 0.592. The molecule has 1 fully saturated rings. The highest BCUT2D eigenvalue weighted by molar-refractivity contribution is 7.10. The Labute approximate surface area is 145 Å². The van der Waals surface area contributed by atoms with Crippen LogP contribution in [0.3, 0.4) is 0 Å². The minimum atomic E-state index is 0.592. The Morgan fingerprint density at radius 1 is 1.21 bits per heavy atom. The first-order valence-corrected chi connectivity index (χ1v) is 9.19. The lowest BCUT2D eigenvalue weighted by atomic mass is 9.97. The van der Waals surface area contributed by atoms with E-state index in [2.05, 4.69) is 30.7 Å². The highest BCUT2D eigenvalue weighted by atomic mass is 32.1. The molecule has 0 bridgehead atoms. The average Bonchev–Trinajstić information content (AvgIpc) is 3.33. The fourth-order valence-corrected chi connectivity index (χ4v) is 4.15. The van der Waals surface area contributed by atoms with E-state index in [4.69, 9.17) is 4.98 Å². The van der Waals surface area contributed by atoms with Gasteiger partial charge in [0.2, 0.25) is 0 Å². The van der Waals surface area contributed by atoms with Crippen molar-refractivity contribution in [3.05, 3.63) is 46.8 Å². The van der Waals surface area contributed by atoms with Crippen molar-refractivity contribution < 1.29 is 0 Å².